The van der Waals surface area contributed by atoms with Crippen molar-refractivity contribution in [1.82, 2.24) is 9.03 Å². The summed E-state index contributed by atoms with van der Waals surface area (Å²) in [6, 6.07) is -0.229. The lowest BCUT2D eigenvalue weighted by Crippen LogP contribution is -2.49. The van der Waals surface area contributed by atoms with E-state index in [2.05, 4.69) is 4.72 Å². The van der Waals surface area contributed by atoms with Gasteiger partial charge in [-0.15, -0.1) is 0 Å². The standard InChI is InChI=1S/C10H18N2O4S/c13-17(14,12-4-1-2-5-12)11-8-7-16-9-3-6-15-10(8)9/h8-11H,1-7H2/t8-,9?,10?/m1/s1. The van der Waals surface area contributed by atoms with E-state index in [-0.39, 0.29) is 18.2 Å². The Morgan fingerprint density at radius 2 is 1.94 bits per heavy atom. The molecule has 3 saturated heterocycles. The SMILES string of the molecule is O=S(=O)(N[C@@H]1COC2CCOC21)N1CCCC1. The van der Waals surface area contributed by atoms with Crippen molar-refractivity contribution in [1.29, 1.82) is 0 Å². The van der Waals surface area contributed by atoms with E-state index in [9.17, 15) is 8.42 Å². The second kappa shape index (κ2) is 4.47. The molecule has 0 radical (unpaired) electrons. The Bertz CT molecular complexity index is 380. The summed E-state index contributed by atoms with van der Waals surface area (Å²) < 4.78 is 39.4. The van der Waals surface area contributed by atoms with Gasteiger partial charge in [0.25, 0.3) is 10.2 Å². The van der Waals surface area contributed by atoms with Crippen LogP contribution in [0.4, 0.5) is 0 Å². The summed E-state index contributed by atoms with van der Waals surface area (Å²) in [6.45, 7) is 2.33. The summed E-state index contributed by atoms with van der Waals surface area (Å²) in [6.07, 6.45) is 2.73. The largest absolute Gasteiger partial charge is 0.374 e. The van der Waals surface area contributed by atoms with Gasteiger partial charge in [-0.05, 0) is 19.3 Å². The topological polar surface area (TPSA) is 67.9 Å². The maximum Gasteiger partial charge on any atom is 0.279 e. The molecule has 1 N–H and O–H groups in total. The molecular formula is C10H18N2O4S. The van der Waals surface area contributed by atoms with Crippen molar-refractivity contribution in [3.8, 4) is 0 Å². The number of fused-ring (bicyclic) bond motifs is 1. The van der Waals surface area contributed by atoms with Crippen LogP contribution in [0.25, 0.3) is 0 Å². The average Bonchev–Trinajstić information content (AvgIpc) is 2.93. The molecule has 3 aliphatic rings. The molecule has 2 unspecified atom stereocenters. The van der Waals surface area contributed by atoms with Crippen LogP contribution in [0.2, 0.25) is 0 Å². The smallest absolute Gasteiger partial charge is 0.279 e. The van der Waals surface area contributed by atoms with Crippen LogP contribution in [0, 0.1) is 0 Å². The molecule has 0 aromatic carbocycles. The van der Waals surface area contributed by atoms with Crippen LogP contribution < -0.4 is 4.72 Å². The van der Waals surface area contributed by atoms with Gasteiger partial charge in [0, 0.05) is 19.7 Å². The summed E-state index contributed by atoms with van der Waals surface area (Å²) in [5.74, 6) is 0. The third-order valence-electron chi connectivity index (χ3n) is 3.67. The number of ether oxygens (including phenoxy) is 2. The monoisotopic (exact) mass is 262 g/mol. The molecule has 0 aliphatic carbocycles. The van der Waals surface area contributed by atoms with Crippen LogP contribution in [-0.4, -0.2) is 57.3 Å². The minimum Gasteiger partial charge on any atom is -0.374 e. The van der Waals surface area contributed by atoms with E-state index >= 15 is 0 Å². The number of hydrogen-bond donors (Lipinski definition) is 1. The zero-order chi connectivity index (χ0) is 11.9. The van der Waals surface area contributed by atoms with Crippen molar-refractivity contribution in [3.05, 3.63) is 0 Å². The van der Waals surface area contributed by atoms with Gasteiger partial charge in [-0.3, -0.25) is 0 Å². The van der Waals surface area contributed by atoms with Gasteiger partial charge in [-0.1, -0.05) is 0 Å². The Balaban J connectivity index is 1.66. The molecule has 0 aromatic heterocycles. The Kier molecular flexibility index (Phi) is 3.12. The molecule has 0 spiro atoms. The second-order valence-electron chi connectivity index (χ2n) is 4.83. The van der Waals surface area contributed by atoms with Crippen molar-refractivity contribution in [2.45, 2.75) is 37.5 Å². The zero-order valence-corrected chi connectivity index (χ0v) is 10.5. The Labute approximate surface area is 101 Å². The summed E-state index contributed by atoms with van der Waals surface area (Å²) in [7, 11) is -3.36. The third-order valence-corrected chi connectivity index (χ3v) is 5.32. The van der Waals surface area contributed by atoms with Gasteiger partial charge in [0.2, 0.25) is 0 Å². The average molecular weight is 262 g/mol. The fraction of sp³-hybridized carbons (Fsp3) is 1.00. The summed E-state index contributed by atoms with van der Waals surface area (Å²) >= 11 is 0. The second-order valence-corrected chi connectivity index (χ2v) is 6.53. The quantitative estimate of drug-likeness (QED) is 0.742. The zero-order valence-electron chi connectivity index (χ0n) is 9.67. The molecule has 7 heteroatoms. The maximum atomic E-state index is 12.1. The highest BCUT2D eigenvalue weighted by molar-refractivity contribution is 7.87. The van der Waals surface area contributed by atoms with E-state index in [4.69, 9.17) is 9.47 Å². The first kappa shape index (κ1) is 11.9. The number of hydrogen-bond acceptors (Lipinski definition) is 4. The van der Waals surface area contributed by atoms with E-state index < -0.39 is 10.2 Å². The first-order valence-corrected chi connectivity index (χ1v) is 7.61. The van der Waals surface area contributed by atoms with E-state index in [0.29, 0.717) is 26.3 Å². The van der Waals surface area contributed by atoms with Crippen LogP contribution in [0.5, 0.6) is 0 Å². The predicted molar refractivity (Wildman–Crippen MR) is 60.7 cm³/mol. The molecular weight excluding hydrogens is 244 g/mol. The van der Waals surface area contributed by atoms with Crippen LogP contribution in [-0.2, 0) is 19.7 Å². The Hall–Kier alpha value is -0.210. The first-order chi connectivity index (χ1) is 8.17. The van der Waals surface area contributed by atoms with Gasteiger partial charge in [-0.2, -0.15) is 17.4 Å². The van der Waals surface area contributed by atoms with Crippen LogP contribution in [0.3, 0.4) is 0 Å². The van der Waals surface area contributed by atoms with Crippen molar-refractivity contribution in [3.63, 3.8) is 0 Å². The van der Waals surface area contributed by atoms with Gasteiger partial charge in [0.15, 0.2) is 0 Å². The van der Waals surface area contributed by atoms with Gasteiger partial charge in [-0.25, -0.2) is 0 Å². The summed E-state index contributed by atoms with van der Waals surface area (Å²) in [5, 5.41) is 0. The van der Waals surface area contributed by atoms with Crippen LogP contribution in [0.1, 0.15) is 19.3 Å². The van der Waals surface area contributed by atoms with E-state index in [1.54, 1.807) is 0 Å². The van der Waals surface area contributed by atoms with Crippen molar-refractivity contribution < 1.29 is 17.9 Å². The molecule has 0 amide bonds. The fourth-order valence-corrected chi connectivity index (χ4v) is 4.24. The van der Waals surface area contributed by atoms with Gasteiger partial charge < -0.3 is 9.47 Å². The third kappa shape index (κ3) is 2.22. The highest BCUT2D eigenvalue weighted by Crippen LogP contribution is 2.27. The molecule has 3 atom stereocenters. The lowest BCUT2D eigenvalue weighted by Gasteiger charge is -2.22. The predicted octanol–water partition coefficient (Wildman–Crippen LogP) is -0.527. The van der Waals surface area contributed by atoms with E-state index in [1.807, 2.05) is 0 Å². The molecule has 0 bridgehead atoms. The molecule has 0 aromatic rings. The summed E-state index contributed by atoms with van der Waals surface area (Å²) in [5.41, 5.74) is 0. The Morgan fingerprint density at radius 3 is 2.71 bits per heavy atom. The number of nitrogens with one attached hydrogen (secondary N) is 1. The molecule has 98 valence electrons. The molecule has 0 saturated carbocycles. The molecule has 3 rings (SSSR count). The van der Waals surface area contributed by atoms with E-state index in [1.165, 1.54) is 4.31 Å². The van der Waals surface area contributed by atoms with Crippen molar-refractivity contribution in [2.24, 2.45) is 0 Å². The maximum absolute atomic E-state index is 12.1. The molecule has 17 heavy (non-hydrogen) atoms. The fourth-order valence-electron chi connectivity index (χ4n) is 2.76. The normalized spacial score (nSPS) is 38.7. The minimum atomic E-state index is -3.36. The van der Waals surface area contributed by atoms with Crippen LogP contribution in [0.15, 0.2) is 0 Å². The van der Waals surface area contributed by atoms with Gasteiger partial charge >= 0.3 is 0 Å². The van der Waals surface area contributed by atoms with E-state index in [0.717, 1.165) is 19.3 Å². The molecule has 3 heterocycles. The molecule has 3 fully saturated rings. The Morgan fingerprint density at radius 1 is 1.18 bits per heavy atom. The lowest BCUT2D eigenvalue weighted by molar-refractivity contribution is 0.0698. The van der Waals surface area contributed by atoms with Crippen LogP contribution >= 0.6 is 0 Å². The van der Waals surface area contributed by atoms with Gasteiger partial charge in [0.1, 0.15) is 6.10 Å². The molecule has 6 nitrogen and oxygen atoms in total. The summed E-state index contributed by atoms with van der Waals surface area (Å²) in [4.78, 5) is 0. The highest BCUT2D eigenvalue weighted by atomic mass is 32.2. The highest BCUT2D eigenvalue weighted by Gasteiger charge is 2.44. The lowest BCUT2D eigenvalue weighted by atomic mass is 10.1. The van der Waals surface area contributed by atoms with Crippen molar-refractivity contribution in [2.75, 3.05) is 26.3 Å². The van der Waals surface area contributed by atoms with Gasteiger partial charge in [0.05, 0.1) is 18.8 Å². The first-order valence-electron chi connectivity index (χ1n) is 6.17. The molecule has 3 aliphatic heterocycles. The number of nitrogens with zero attached hydrogens (tertiary/aromatic N) is 1. The number of rotatable bonds is 3. The minimum absolute atomic E-state index is 0.0706. The van der Waals surface area contributed by atoms with Crippen molar-refractivity contribution >= 4 is 10.2 Å².